The number of nitriles is 1. The summed E-state index contributed by atoms with van der Waals surface area (Å²) in [6.45, 7) is 8.88. The number of carbonyl (C=O) groups excluding carboxylic acids is 1. The van der Waals surface area contributed by atoms with E-state index in [4.69, 9.17) is 5.26 Å². The van der Waals surface area contributed by atoms with Crippen molar-refractivity contribution in [2.45, 2.75) is 39.0 Å². The molecule has 27 heavy (non-hydrogen) atoms. The second kappa shape index (κ2) is 8.78. The standard InChI is InChI=1S/C18H24N4O3S2/c1-12(2)10-22(11-13(3)4)27(24,25)14-5-6-15-16(9-14)26-18(20-15)21-17(23)7-8-19/h5-6,9,12-13H,7,10-11H2,1-4H3,(H,20,21,23). The number of nitrogens with one attached hydrogen (secondary N) is 1. The van der Waals surface area contributed by atoms with E-state index in [1.807, 2.05) is 27.7 Å². The van der Waals surface area contributed by atoms with Crippen LogP contribution in [0.1, 0.15) is 34.1 Å². The van der Waals surface area contributed by atoms with Crippen LogP contribution in [-0.4, -0.2) is 36.7 Å². The Morgan fingerprint density at radius 1 is 1.26 bits per heavy atom. The maximum absolute atomic E-state index is 13.1. The van der Waals surface area contributed by atoms with Crippen LogP contribution in [0.4, 0.5) is 5.13 Å². The van der Waals surface area contributed by atoms with Gasteiger partial charge in [-0.2, -0.15) is 9.57 Å². The van der Waals surface area contributed by atoms with Crippen LogP contribution in [0.15, 0.2) is 23.1 Å². The van der Waals surface area contributed by atoms with Gasteiger partial charge in [0.2, 0.25) is 15.9 Å². The summed E-state index contributed by atoms with van der Waals surface area (Å²) in [6.07, 6.45) is -0.255. The molecule has 1 N–H and O–H groups in total. The van der Waals surface area contributed by atoms with Gasteiger partial charge in [-0.25, -0.2) is 13.4 Å². The van der Waals surface area contributed by atoms with Gasteiger partial charge in [-0.1, -0.05) is 39.0 Å². The molecule has 146 valence electrons. The first-order chi connectivity index (χ1) is 12.6. The van der Waals surface area contributed by atoms with Crippen molar-refractivity contribution >= 4 is 42.6 Å². The van der Waals surface area contributed by atoms with Crippen molar-refractivity contribution < 1.29 is 13.2 Å². The van der Waals surface area contributed by atoms with E-state index in [9.17, 15) is 13.2 Å². The van der Waals surface area contributed by atoms with E-state index in [1.165, 1.54) is 15.6 Å². The third-order valence-corrected chi connectivity index (χ3v) is 6.38. The molecule has 0 fully saturated rings. The Morgan fingerprint density at radius 3 is 2.44 bits per heavy atom. The molecule has 9 heteroatoms. The molecule has 2 aromatic rings. The van der Waals surface area contributed by atoms with E-state index in [0.29, 0.717) is 28.4 Å². The fourth-order valence-electron chi connectivity index (χ4n) is 2.59. The van der Waals surface area contributed by atoms with E-state index in [0.717, 1.165) is 0 Å². The van der Waals surface area contributed by atoms with E-state index in [-0.39, 0.29) is 23.2 Å². The van der Waals surface area contributed by atoms with Gasteiger partial charge in [-0.15, -0.1) is 0 Å². The highest BCUT2D eigenvalue weighted by atomic mass is 32.2. The largest absolute Gasteiger partial charge is 0.301 e. The van der Waals surface area contributed by atoms with Crippen LogP contribution in [0.5, 0.6) is 0 Å². The Kier molecular flexibility index (Phi) is 6.92. The summed E-state index contributed by atoms with van der Waals surface area (Å²) < 4.78 is 28.4. The van der Waals surface area contributed by atoms with Crippen molar-refractivity contribution in [3.8, 4) is 6.07 Å². The Labute approximate surface area is 164 Å². The molecule has 1 heterocycles. The van der Waals surface area contributed by atoms with Crippen LogP contribution >= 0.6 is 11.3 Å². The highest BCUT2D eigenvalue weighted by molar-refractivity contribution is 7.89. The Balaban J connectivity index is 2.35. The van der Waals surface area contributed by atoms with Gasteiger partial charge in [0, 0.05) is 13.1 Å². The van der Waals surface area contributed by atoms with Gasteiger partial charge >= 0.3 is 0 Å². The molecule has 2 rings (SSSR count). The lowest BCUT2D eigenvalue weighted by atomic mass is 10.2. The van der Waals surface area contributed by atoms with Crippen LogP contribution in [0.2, 0.25) is 0 Å². The molecule has 0 unspecified atom stereocenters. The zero-order valence-corrected chi connectivity index (χ0v) is 17.5. The lowest BCUT2D eigenvalue weighted by Crippen LogP contribution is -2.37. The van der Waals surface area contributed by atoms with Gasteiger partial charge in [-0.05, 0) is 30.0 Å². The number of carbonyl (C=O) groups is 1. The number of anilines is 1. The summed E-state index contributed by atoms with van der Waals surface area (Å²) in [6, 6.07) is 6.56. The minimum atomic E-state index is -3.62. The van der Waals surface area contributed by atoms with Crippen molar-refractivity contribution in [1.82, 2.24) is 9.29 Å². The smallest absolute Gasteiger partial charge is 0.243 e. The van der Waals surface area contributed by atoms with Gasteiger partial charge in [0.05, 0.1) is 21.2 Å². The van der Waals surface area contributed by atoms with E-state index < -0.39 is 15.9 Å². The molecular weight excluding hydrogens is 384 g/mol. The maximum Gasteiger partial charge on any atom is 0.243 e. The fourth-order valence-corrected chi connectivity index (χ4v) is 5.38. The molecule has 1 aromatic carbocycles. The lowest BCUT2D eigenvalue weighted by molar-refractivity contribution is -0.115. The van der Waals surface area contributed by atoms with Crippen LogP contribution < -0.4 is 5.32 Å². The van der Waals surface area contributed by atoms with Crippen LogP contribution in [0, 0.1) is 23.2 Å². The number of aromatic nitrogens is 1. The van der Waals surface area contributed by atoms with Crippen LogP contribution in [0.25, 0.3) is 10.2 Å². The minimum absolute atomic E-state index is 0.215. The first kappa shape index (κ1) is 21.3. The third-order valence-electron chi connectivity index (χ3n) is 3.62. The molecule has 0 atom stereocenters. The molecule has 0 aliphatic heterocycles. The first-order valence-corrected chi connectivity index (χ1v) is 11.0. The van der Waals surface area contributed by atoms with Crippen LogP contribution in [-0.2, 0) is 14.8 Å². The summed E-state index contributed by atoms with van der Waals surface area (Å²) in [4.78, 5) is 16.0. The average Bonchev–Trinajstić information content (AvgIpc) is 2.94. The third kappa shape index (κ3) is 5.48. The van der Waals surface area contributed by atoms with E-state index in [1.54, 1.807) is 24.3 Å². The molecule has 0 saturated carbocycles. The van der Waals surface area contributed by atoms with Crippen molar-refractivity contribution in [3.05, 3.63) is 18.2 Å². The Bertz CT molecular complexity index is 949. The van der Waals surface area contributed by atoms with Gasteiger partial charge in [0.1, 0.15) is 6.42 Å². The number of hydrogen-bond acceptors (Lipinski definition) is 6. The zero-order valence-electron chi connectivity index (χ0n) is 15.9. The van der Waals surface area contributed by atoms with Gasteiger partial charge < -0.3 is 5.32 Å². The van der Waals surface area contributed by atoms with Gasteiger partial charge in [0.25, 0.3) is 0 Å². The number of nitrogens with zero attached hydrogens (tertiary/aromatic N) is 3. The summed E-state index contributed by atoms with van der Waals surface area (Å²) in [5.74, 6) is -0.00957. The second-order valence-electron chi connectivity index (χ2n) is 7.14. The predicted molar refractivity (Wildman–Crippen MR) is 107 cm³/mol. The number of rotatable bonds is 8. The monoisotopic (exact) mass is 408 g/mol. The predicted octanol–water partition coefficient (Wildman–Crippen LogP) is 3.45. The normalized spacial score (nSPS) is 12.1. The molecule has 0 aliphatic rings. The molecule has 0 radical (unpaired) electrons. The average molecular weight is 409 g/mol. The summed E-state index contributed by atoms with van der Waals surface area (Å²) >= 11 is 1.19. The highest BCUT2D eigenvalue weighted by Gasteiger charge is 2.26. The number of thiazole rings is 1. The summed E-state index contributed by atoms with van der Waals surface area (Å²) in [5.41, 5.74) is 0.602. The van der Waals surface area contributed by atoms with Crippen molar-refractivity contribution in [2.75, 3.05) is 18.4 Å². The number of sulfonamides is 1. The van der Waals surface area contributed by atoms with Crippen molar-refractivity contribution in [1.29, 1.82) is 5.26 Å². The molecule has 0 aliphatic carbocycles. The molecule has 0 spiro atoms. The molecule has 0 saturated heterocycles. The quantitative estimate of drug-likeness (QED) is 0.720. The second-order valence-corrected chi connectivity index (χ2v) is 10.1. The highest BCUT2D eigenvalue weighted by Crippen LogP contribution is 2.29. The minimum Gasteiger partial charge on any atom is -0.301 e. The van der Waals surface area contributed by atoms with E-state index >= 15 is 0 Å². The van der Waals surface area contributed by atoms with Gasteiger partial charge in [0.15, 0.2) is 5.13 Å². The maximum atomic E-state index is 13.1. The number of amides is 1. The molecule has 7 nitrogen and oxygen atoms in total. The van der Waals surface area contributed by atoms with Gasteiger partial charge in [-0.3, -0.25) is 4.79 Å². The SMILES string of the molecule is CC(C)CN(CC(C)C)S(=O)(=O)c1ccc2nc(NC(=O)CC#N)sc2c1. The topological polar surface area (TPSA) is 103 Å². The number of fused-ring (bicyclic) bond motifs is 1. The summed E-state index contributed by atoms with van der Waals surface area (Å²) in [5, 5.41) is 11.5. The van der Waals surface area contributed by atoms with Crippen molar-refractivity contribution in [2.24, 2.45) is 11.8 Å². The van der Waals surface area contributed by atoms with Crippen LogP contribution in [0.3, 0.4) is 0 Å². The Hall–Kier alpha value is -2.02. The zero-order chi connectivity index (χ0) is 20.2. The first-order valence-electron chi connectivity index (χ1n) is 8.71. The van der Waals surface area contributed by atoms with E-state index in [2.05, 4.69) is 10.3 Å². The molecule has 0 bridgehead atoms. The van der Waals surface area contributed by atoms with Crippen molar-refractivity contribution in [3.63, 3.8) is 0 Å². The molecular formula is C18H24N4O3S2. The number of benzene rings is 1. The molecule has 1 aromatic heterocycles. The Morgan fingerprint density at radius 2 is 1.89 bits per heavy atom. The molecule has 1 amide bonds. The summed E-state index contributed by atoms with van der Waals surface area (Å²) in [7, 11) is -3.62. The lowest BCUT2D eigenvalue weighted by Gasteiger charge is -2.25. The fraction of sp³-hybridized carbons (Fsp3) is 0.500. The number of hydrogen-bond donors (Lipinski definition) is 1.